The topological polar surface area (TPSA) is 224 Å². The van der Waals surface area contributed by atoms with Crippen molar-refractivity contribution in [1.29, 1.82) is 0 Å². The number of carbonyl (C=O) groups excluding carboxylic acids is 6. The van der Waals surface area contributed by atoms with Crippen LogP contribution < -0.4 is 31.9 Å². The highest BCUT2D eigenvalue weighted by Gasteiger charge is 2.72. The summed E-state index contributed by atoms with van der Waals surface area (Å²) in [5, 5.41) is 26.0. The number of rotatable bonds is 15. The third kappa shape index (κ3) is 9.04. The van der Waals surface area contributed by atoms with Gasteiger partial charge >= 0.3 is 6.03 Å². The number of Topliss-reactive ketones (excluding diaryl/α,β-unsaturated/α-hetero) is 1. The Bertz CT molecular complexity index is 1850. The zero-order valence-electron chi connectivity index (χ0n) is 32.8. The molecule has 1 aliphatic carbocycles. The first-order chi connectivity index (χ1) is 28.0. The number of morpholine rings is 2. The van der Waals surface area contributed by atoms with Crippen molar-refractivity contribution in [3.8, 4) is 0 Å². The van der Waals surface area contributed by atoms with Crippen molar-refractivity contribution >= 4 is 46.8 Å². The molecule has 2 aromatic carbocycles. The Kier molecular flexibility index (Phi) is 12.8. The van der Waals surface area contributed by atoms with Crippen LogP contribution in [0.15, 0.2) is 52.7 Å². The van der Waals surface area contributed by atoms with E-state index in [1.807, 2.05) is 0 Å². The van der Waals surface area contributed by atoms with Gasteiger partial charge in [0.05, 0.1) is 49.7 Å². The van der Waals surface area contributed by atoms with Gasteiger partial charge in [0, 0.05) is 61.6 Å². The zero-order chi connectivity index (χ0) is 40.7. The molecule has 2 aromatic rings. The van der Waals surface area contributed by atoms with Crippen LogP contribution >= 0.6 is 0 Å². The van der Waals surface area contributed by atoms with Crippen molar-refractivity contribution in [2.45, 2.75) is 62.2 Å². The van der Waals surface area contributed by atoms with Crippen molar-refractivity contribution < 1.29 is 38.2 Å². The molecule has 6 N–H and O–H groups in total. The molecular formula is C40H52N10O8. The molecule has 4 atom stereocenters. The third-order valence-corrected chi connectivity index (χ3v) is 11.7. The summed E-state index contributed by atoms with van der Waals surface area (Å²) in [7, 11) is 0. The second kappa shape index (κ2) is 18.1. The minimum atomic E-state index is -1.74. The van der Waals surface area contributed by atoms with Gasteiger partial charge in [-0.2, -0.15) is 10.2 Å². The second-order valence-corrected chi connectivity index (χ2v) is 15.5. The van der Waals surface area contributed by atoms with E-state index in [1.54, 1.807) is 12.1 Å². The summed E-state index contributed by atoms with van der Waals surface area (Å²) in [5.74, 6) is -2.21. The number of ketones is 1. The van der Waals surface area contributed by atoms with E-state index in [0.29, 0.717) is 64.5 Å². The number of azo groups is 1. The molecular weight excluding hydrogens is 749 g/mol. The van der Waals surface area contributed by atoms with Gasteiger partial charge in [-0.3, -0.25) is 33.8 Å². The first-order valence-corrected chi connectivity index (χ1v) is 20.1. The van der Waals surface area contributed by atoms with Gasteiger partial charge in [0.25, 0.3) is 23.6 Å². The number of anilines is 1. The first kappa shape index (κ1) is 40.9. The molecule has 0 bridgehead atoms. The standard InChI is InChI=1S/C40H52N10O8/c1-26(51)40(37(55)46-39(40)9-8-32-33(25-39)45-38(56)44-32)48-47-30-6-4-27(5-7-30)36(54)43-31-23-28(34(52)41-10-2-12-49-14-18-57-19-15-49)22-29(24-31)35(53)42-11-3-13-50-16-20-58-21-17-50/h4-7,22-24,32-33H,2-3,8-21,25H2,1H3,(H,41,52)(H,42,53)(H,43,54)(H,46,55)(H2,44,45,56). The van der Waals surface area contributed by atoms with Crippen molar-refractivity contribution in [1.82, 2.24) is 36.4 Å². The van der Waals surface area contributed by atoms with Crippen LogP contribution in [0.4, 0.5) is 16.2 Å². The highest BCUT2D eigenvalue weighted by molar-refractivity contribution is 6.17. The Balaban J connectivity index is 1.01. The summed E-state index contributed by atoms with van der Waals surface area (Å²) in [6.45, 7) is 10.1. The lowest BCUT2D eigenvalue weighted by molar-refractivity contribution is -0.155. The smallest absolute Gasteiger partial charge is 0.315 e. The molecule has 6 amide bonds. The summed E-state index contributed by atoms with van der Waals surface area (Å²) in [6, 6.07) is 10.1. The molecule has 1 spiro atoms. The Hall–Kier alpha value is -5.30. The minimum Gasteiger partial charge on any atom is -0.379 e. The van der Waals surface area contributed by atoms with Gasteiger partial charge in [-0.1, -0.05) is 0 Å². The summed E-state index contributed by atoms with van der Waals surface area (Å²) >= 11 is 0. The number of hydrogen-bond acceptors (Lipinski definition) is 12. The maximum atomic E-state index is 13.5. The Morgan fingerprint density at radius 2 is 1.34 bits per heavy atom. The number of benzene rings is 2. The highest BCUT2D eigenvalue weighted by atomic mass is 16.5. The van der Waals surface area contributed by atoms with Gasteiger partial charge in [0.1, 0.15) is 0 Å². The SMILES string of the molecule is CC(=O)C1(N=Nc2ccc(C(=O)Nc3cc(C(=O)NCCCN4CCOCC4)cc(C(=O)NCCCN4CCOCC4)c3)cc2)C(=O)NC12CCC1NC(=O)NC1C2. The molecule has 18 nitrogen and oxygen atoms in total. The molecule has 0 aromatic heterocycles. The molecule has 4 heterocycles. The average molecular weight is 801 g/mol. The van der Waals surface area contributed by atoms with Gasteiger partial charge in [0.15, 0.2) is 5.78 Å². The fraction of sp³-hybridized carbons (Fsp3) is 0.550. The molecule has 18 heteroatoms. The number of β-lactam (4-membered cyclic amide) rings is 1. The van der Waals surface area contributed by atoms with E-state index in [1.165, 1.54) is 37.3 Å². The molecule has 5 fully saturated rings. The molecule has 1 saturated carbocycles. The van der Waals surface area contributed by atoms with Gasteiger partial charge in [-0.15, -0.1) is 0 Å². The fourth-order valence-electron chi connectivity index (χ4n) is 8.47. The number of ether oxygens (including phenoxy) is 2. The zero-order valence-corrected chi connectivity index (χ0v) is 32.8. The number of carbonyl (C=O) groups is 6. The number of amides is 6. The van der Waals surface area contributed by atoms with Crippen LogP contribution in [0.1, 0.15) is 70.1 Å². The second-order valence-electron chi connectivity index (χ2n) is 15.5. The average Bonchev–Trinajstić information content (AvgIpc) is 3.60. The molecule has 5 aliphatic rings. The summed E-state index contributed by atoms with van der Waals surface area (Å²) in [6.07, 6.45) is 2.82. The summed E-state index contributed by atoms with van der Waals surface area (Å²) < 4.78 is 10.8. The van der Waals surface area contributed by atoms with Gasteiger partial charge < -0.3 is 41.4 Å². The summed E-state index contributed by atoms with van der Waals surface area (Å²) in [5.41, 5.74) is -1.42. The molecule has 4 aliphatic heterocycles. The maximum absolute atomic E-state index is 13.5. The lowest BCUT2D eigenvalue weighted by Crippen LogP contribution is -2.84. The predicted octanol–water partition coefficient (Wildman–Crippen LogP) is 1.36. The number of nitrogens with zero attached hydrogens (tertiary/aromatic N) is 4. The van der Waals surface area contributed by atoms with Crippen LogP contribution in [0.5, 0.6) is 0 Å². The van der Waals surface area contributed by atoms with Crippen LogP contribution in [0.3, 0.4) is 0 Å². The van der Waals surface area contributed by atoms with Crippen molar-refractivity contribution in [2.24, 2.45) is 10.2 Å². The Morgan fingerprint density at radius 3 is 1.90 bits per heavy atom. The quantitative estimate of drug-likeness (QED) is 0.0657. The van der Waals surface area contributed by atoms with Crippen molar-refractivity contribution in [3.63, 3.8) is 0 Å². The van der Waals surface area contributed by atoms with Gasteiger partial charge in [-0.05, 0) is 94.6 Å². The highest BCUT2D eigenvalue weighted by Crippen LogP contribution is 2.47. The van der Waals surface area contributed by atoms with E-state index in [-0.39, 0.29) is 52.3 Å². The van der Waals surface area contributed by atoms with E-state index in [4.69, 9.17) is 9.47 Å². The molecule has 4 unspecified atom stereocenters. The van der Waals surface area contributed by atoms with Crippen LogP contribution in [0.25, 0.3) is 0 Å². The normalized spacial score (nSPS) is 25.9. The first-order valence-electron chi connectivity index (χ1n) is 20.1. The lowest BCUT2D eigenvalue weighted by Gasteiger charge is -2.57. The fourth-order valence-corrected chi connectivity index (χ4v) is 8.47. The molecule has 7 rings (SSSR count). The number of hydrogen-bond donors (Lipinski definition) is 6. The van der Waals surface area contributed by atoms with E-state index in [9.17, 15) is 28.8 Å². The van der Waals surface area contributed by atoms with E-state index in [2.05, 4.69) is 51.9 Å². The molecule has 58 heavy (non-hydrogen) atoms. The van der Waals surface area contributed by atoms with Crippen LogP contribution in [-0.4, -0.2) is 147 Å². The maximum Gasteiger partial charge on any atom is 0.315 e. The monoisotopic (exact) mass is 800 g/mol. The predicted molar refractivity (Wildman–Crippen MR) is 211 cm³/mol. The number of fused-ring (bicyclic) bond motifs is 1. The lowest BCUT2D eigenvalue weighted by atomic mass is 9.58. The van der Waals surface area contributed by atoms with E-state index >= 15 is 0 Å². The number of urea groups is 1. The van der Waals surface area contributed by atoms with E-state index < -0.39 is 28.7 Å². The minimum absolute atomic E-state index is 0.0919. The van der Waals surface area contributed by atoms with Gasteiger partial charge in [-0.25, -0.2) is 4.79 Å². The Labute approximate surface area is 336 Å². The van der Waals surface area contributed by atoms with Crippen LogP contribution in [-0.2, 0) is 19.1 Å². The third-order valence-electron chi connectivity index (χ3n) is 11.7. The Morgan fingerprint density at radius 1 is 0.776 bits per heavy atom. The number of nitrogens with one attached hydrogen (secondary N) is 6. The molecule has 0 radical (unpaired) electrons. The van der Waals surface area contributed by atoms with E-state index in [0.717, 1.165) is 52.1 Å². The van der Waals surface area contributed by atoms with Crippen LogP contribution in [0.2, 0.25) is 0 Å². The molecule has 310 valence electrons. The largest absolute Gasteiger partial charge is 0.379 e. The van der Waals surface area contributed by atoms with Crippen molar-refractivity contribution in [2.75, 3.05) is 84.1 Å². The van der Waals surface area contributed by atoms with Crippen molar-refractivity contribution in [3.05, 3.63) is 59.2 Å². The molecule has 4 saturated heterocycles. The van der Waals surface area contributed by atoms with Crippen LogP contribution in [0, 0.1) is 0 Å². The van der Waals surface area contributed by atoms with Gasteiger partial charge in [0.2, 0.25) is 5.54 Å². The summed E-state index contributed by atoms with van der Waals surface area (Å²) in [4.78, 5) is 82.8.